The van der Waals surface area contributed by atoms with Gasteiger partial charge >= 0.3 is 0 Å². The van der Waals surface area contributed by atoms with Crippen molar-refractivity contribution in [2.75, 3.05) is 37.9 Å². The first-order chi connectivity index (χ1) is 9.69. The number of amides is 1. The van der Waals surface area contributed by atoms with Gasteiger partial charge in [-0.15, -0.1) is 5.01 Å². The third-order valence-electron chi connectivity index (χ3n) is 3.11. The molecule has 0 spiro atoms. The molecule has 1 saturated heterocycles. The van der Waals surface area contributed by atoms with E-state index in [0.29, 0.717) is 25.7 Å². The van der Waals surface area contributed by atoms with E-state index in [2.05, 4.69) is 10.6 Å². The van der Waals surface area contributed by atoms with E-state index in [1.54, 1.807) is 6.20 Å². The highest BCUT2D eigenvalue weighted by Gasteiger charge is 2.21. The summed E-state index contributed by atoms with van der Waals surface area (Å²) >= 11 is 0. The Morgan fingerprint density at radius 2 is 2.35 bits per heavy atom. The third kappa shape index (κ3) is 4.09. The fourth-order valence-electron chi connectivity index (χ4n) is 1.62. The lowest BCUT2D eigenvalue weighted by atomic mass is 10.1. The molecule has 8 heteroatoms. The summed E-state index contributed by atoms with van der Waals surface area (Å²) in [5.41, 5.74) is 0. The van der Waals surface area contributed by atoms with Crippen LogP contribution in [0.3, 0.4) is 0 Å². The SMILES string of the molecule is CC[C@H](C)COC(=O)[N-]c1c[n+](N2CCOCC2)no1. The van der Waals surface area contributed by atoms with Gasteiger partial charge in [0.25, 0.3) is 6.20 Å². The molecular weight excluding hydrogens is 264 g/mol. The number of rotatable bonds is 5. The molecule has 8 nitrogen and oxygen atoms in total. The van der Waals surface area contributed by atoms with Crippen molar-refractivity contribution >= 4 is 12.0 Å². The summed E-state index contributed by atoms with van der Waals surface area (Å²) in [5.74, 6) is 0.452. The lowest BCUT2D eigenvalue weighted by Crippen LogP contribution is -2.62. The average molecular weight is 284 g/mol. The molecule has 112 valence electrons. The molecule has 1 aliphatic rings. The number of hydrogen-bond donors (Lipinski definition) is 0. The predicted molar refractivity (Wildman–Crippen MR) is 69.3 cm³/mol. The normalized spacial score (nSPS) is 16.8. The number of aromatic nitrogens is 2. The molecule has 1 aromatic rings. The van der Waals surface area contributed by atoms with Crippen LogP contribution in [-0.2, 0) is 9.47 Å². The summed E-state index contributed by atoms with van der Waals surface area (Å²) in [6.07, 6.45) is 1.85. The van der Waals surface area contributed by atoms with Gasteiger partial charge in [0.2, 0.25) is 11.4 Å². The Morgan fingerprint density at radius 3 is 3.05 bits per heavy atom. The Kier molecular flexibility index (Phi) is 5.16. The van der Waals surface area contributed by atoms with Crippen LogP contribution in [0.25, 0.3) is 5.32 Å². The summed E-state index contributed by atoms with van der Waals surface area (Å²) in [5, 5.41) is 9.47. The molecule has 0 aromatic carbocycles. The van der Waals surface area contributed by atoms with E-state index in [1.165, 1.54) is 4.79 Å². The minimum absolute atomic E-state index is 0.130. The molecule has 1 aliphatic heterocycles. The molecular formula is C12H20N4O4. The van der Waals surface area contributed by atoms with Gasteiger partial charge in [-0.1, -0.05) is 20.3 Å². The van der Waals surface area contributed by atoms with Crippen LogP contribution in [0.1, 0.15) is 20.3 Å². The van der Waals surface area contributed by atoms with E-state index >= 15 is 0 Å². The largest absolute Gasteiger partial charge is 0.552 e. The van der Waals surface area contributed by atoms with Crippen LogP contribution >= 0.6 is 0 Å². The zero-order valence-electron chi connectivity index (χ0n) is 11.8. The average Bonchev–Trinajstić information content (AvgIpc) is 2.94. The Morgan fingerprint density at radius 1 is 1.60 bits per heavy atom. The van der Waals surface area contributed by atoms with Crippen molar-refractivity contribution in [2.24, 2.45) is 5.92 Å². The van der Waals surface area contributed by atoms with Crippen molar-refractivity contribution in [3.05, 3.63) is 11.5 Å². The molecule has 0 radical (unpaired) electrons. The fourth-order valence-corrected chi connectivity index (χ4v) is 1.62. The quantitative estimate of drug-likeness (QED) is 0.753. The molecule has 1 atom stereocenters. The summed E-state index contributed by atoms with van der Waals surface area (Å²) in [6.45, 7) is 7.12. The van der Waals surface area contributed by atoms with Crippen LogP contribution in [0.5, 0.6) is 0 Å². The molecule has 2 rings (SSSR count). The maximum Gasteiger partial charge on any atom is 0.257 e. The van der Waals surface area contributed by atoms with E-state index in [-0.39, 0.29) is 5.88 Å². The van der Waals surface area contributed by atoms with Crippen LogP contribution in [0, 0.1) is 5.92 Å². The van der Waals surface area contributed by atoms with Crippen molar-refractivity contribution in [1.82, 2.24) is 5.27 Å². The molecule has 1 amide bonds. The molecule has 0 saturated carbocycles. The van der Waals surface area contributed by atoms with Crippen LogP contribution < -0.4 is 9.80 Å². The molecule has 0 N–H and O–H groups in total. The van der Waals surface area contributed by atoms with Gasteiger partial charge in [-0.25, -0.2) is 0 Å². The minimum atomic E-state index is -0.657. The monoisotopic (exact) mass is 284 g/mol. The zero-order valence-corrected chi connectivity index (χ0v) is 11.8. The van der Waals surface area contributed by atoms with Gasteiger partial charge in [-0.05, 0) is 5.92 Å². The lowest BCUT2D eigenvalue weighted by molar-refractivity contribution is -0.759. The second-order valence-electron chi connectivity index (χ2n) is 4.73. The lowest BCUT2D eigenvalue weighted by Gasteiger charge is -2.19. The maximum absolute atomic E-state index is 11.5. The van der Waals surface area contributed by atoms with Crippen LogP contribution in [-0.4, -0.2) is 44.3 Å². The van der Waals surface area contributed by atoms with Crippen molar-refractivity contribution < 1.29 is 23.6 Å². The zero-order chi connectivity index (χ0) is 14.4. The Hall–Kier alpha value is -1.83. The van der Waals surface area contributed by atoms with E-state index in [9.17, 15) is 4.79 Å². The predicted octanol–water partition coefficient (Wildman–Crippen LogP) is 1.12. The third-order valence-corrected chi connectivity index (χ3v) is 3.11. The summed E-state index contributed by atoms with van der Waals surface area (Å²) < 4.78 is 15.2. The maximum atomic E-state index is 11.5. The second kappa shape index (κ2) is 7.09. The van der Waals surface area contributed by atoms with E-state index < -0.39 is 6.09 Å². The standard InChI is InChI=1S/C12H20N4O4/c1-3-10(2)9-19-12(17)13-11-8-16(14-20-11)15-4-6-18-7-5-15/h8,10H,3-7,9H2,1-2H3/t10-/m0/s1. The highest BCUT2D eigenvalue weighted by Crippen LogP contribution is 2.16. The molecule has 1 aromatic heterocycles. The Balaban J connectivity index is 1.81. The Bertz CT molecular complexity index is 431. The number of carbonyl (C=O) groups excluding carboxylic acids is 1. The van der Waals surface area contributed by atoms with Gasteiger partial charge in [-0.2, -0.15) is 0 Å². The smallest absolute Gasteiger partial charge is 0.257 e. The van der Waals surface area contributed by atoms with Crippen molar-refractivity contribution in [3.8, 4) is 0 Å². The molecule has 20 heavy (non-hydrogen) atoms. The number of hydrogen-bond acceptors (Lipinski definition) is 6. The van der Waals surface area contributed by atoms with E-state index in [1.807, 2.05) is 18.9 Å². The number of ether oxygens (including phenoxy) is 2. The van der Waals surface area contributed by atoms with Gasteiger partial charge in [0.15, 0.2) is 0 Å². The minimum Gasteiger partial charge on any atom is -0.552 e. The number of nitrogens with zero attached hydrogens (tertiary/aromatic N) is 4. The van der Waals surface area contributed by atoms with Crippen LogP contribution in [0.15, 0.2) is 10.7 Å². The fraction of sp³-hybridized carbons (Fsp3) is 0.750. The highest BCUT2D eigenvalue weighted by atomic mass is 16.6. The van der Waals surface area contributed by atoms with E-state index in [0.717, 1.165) is 19.5 Å². The molecule has 0 aliphatic carbocycles. The van der Waals surface area contributed by atoms with Gasteiger partial charge < -0.3 is 19.3 Å². The molecule has 2 heterocycles. The van der Waals surface area contributed by atoms with Crippen molar-refractivity contribution in [1.29, 1.82) is 0 Å². The summed E-state index contributed by atoms with van der Waals surface area (Å²) in [6, 6.07) is 0. The number of morpholine rings is 1. The van der Waals surface area contributed by atoms with Gasteiger partial charge in [-0.3, -0.25) is 4.79 Å². The first-order valence-corrected chi connectivity index (χ1v) is 6.79. The van der Waals surface area contributed by atoms with Gasteiger partial charge in [0.1, 0.15) is 5.88 Å². The van der Waals surface area contributed by atoms with Crippen molar-refractivity contribution in [3.63, 3.8) is 0 Å². The summed E-state index contributed by atoms with van der Waals surface area (Å²) in [4.78, 5) is 13.0. The van der Waals surface area contributed by atoms with Crippen LogP contribution in [0.4, 0.5) is 10.7 Å². The first-order valence-electron chi connectivity index (χ1n) is 6.79. The van der Waals surface area contributed by atoms with Crippen molar-refractivity contribution in [2.45, 2.75) is 20.3 Å². The first kappa shape index (κ1) is 14.6. The Labute approximate surface area is 117 Å². The topological polar surface area (TPSA) is 82.8 Å². The van der Waals surface area contributed by atoms with Gasteiger partial charge in [0.05, 0.1) is 37.7 Å². The van der Waals surface area contributed by atoms with Gasteiger partial charge in [0, 0.05) is 0 Å². The molecule has 0 bridgehead atoms. The second-order valence-corrected chi connectivity index (χ2v) is 4.73. The molecule has 0 unspecified atom stereocenters. The van der Waals surface area contributed by atoms with E-state index in [4.69, 9.17) is 14.0 Å². The number of carbonyl (C=O) groups is 1. The highest BCUT2D eigenvalue weighted by molar-refractivity contribution is 5.88. The summed E-state index contributed by atoms with van der Waals surface area (Å²) in [7, 11) is 0. The van der Waals surface area contributed by atoms with Crippen LogP contribution in [0.2, 0.25) is 0 Å². The molecule has 1 fully saturated rings.